The monoisotopic (exact) mass is 463 g/mol. The lowest BCUT2D eigenvalue weighted by Crippen LogP contribution is -1.99. The van der Waals surface area contributed by atoms with Gasteiger partial charge in [0.25, 0.3) is 0 Å². The van der Waals surface area contributed by atoms with Crippen LogP contribution < -0.4 is 4.74 Å². The van der Waals surface area contributed by atoms with E-state index in [0.29, 0.717) is 27.4 Å². The van der Waals surface area contributed by atoms with Gasteiger partial charge in [-0.15, -0.1) is 5.10 Å². The minimum absolute atomic E-state index is 0.0444. The molecule has 0 saturated heterocycles. The molecule has 0 fully saturated rings. The first kappa shape index (κ1) is 19.7. The van der Waals surface area contributed by atoms with E-state index in [4.69, 9.17) is 4.74 Å². The predicted molar refractivity (Wildman–Crippen MR) is 120 cm³/mol. The van der Waals surface area contributed by atoms with Gasteiger partial charge in [0.05, 0.1) is 22.8 Å². The third-order valence-corrected chi connectivity index (χ3v) is 5.07. The van der Waals surface area contributed by atoms with Crippen LogP contribution in [0.4, 0.5) is 0 Å². The van der Waals surface area contributed by atoms with E-state index in [1.165, 1.54) is 7.11 Å². The smallest absolute Gasteiger partial charge is 0.175 e. The van der Waals surface area contributed by atoms with Gasteiger partial charge >= 0.3 is 0 Å². The van der Waals surface area contributed by atoms with Gasteiger partial charge in [-0.2, -0.15) is 0 Å². The normalized spacial score (nSPS) is 11.1. The molecule has 0 unspecified atom stereocenters. The van der Waals surface area contributed by atoms with E-state index in [1.807, 2.05) is 42.5 Å². The first-order valence-corrected chi connectivity index (χ1v) is 9.91. The van der Waals surface area contributed by atoms with Crippen molar-refractivity contribution in [1.29, 1.82) is 0 Å². The fraction of sp³-hybridized carbons (Fsp3) is 0.0435. The van der Waals surface area contributed by atoms with Crippen LogP contribution in [-0.4, -0.2) is 32.1 Å². The summed E-state index contributed by atoms with van der Waals surface area (Å²) in [5, 5.41) is 24.9. The maximum absolute atomic E-state index is 10.3. The lowest BCUT2D eigenvalue weighted by atomic mass is 10.2. The Bertz CT molecular complexity index is 1220. The van der Waals surface area contributed by atoms with E-state index < -0.39 is 0 Å². The molecule has 4 aromatic rings. The van der Waals surface area contributed by atoms with Crippen molar-refractivity contribution in [2.45, 2.75) is 0 Å². The van der Waals surface area contributed by atoms with Crippen molar-refractivity contribution in [2.24, 2.45) is 0 Å². The molecular weight excluding hydrogens is 446 g/mol. The van der Waals surface area contributed by atoms with Gasteiger partial charge in [-0.3, -0.25) is 0 Å². The molecule has 0 aliphatic heterocycles. The van der Waals surface area contributed by atoms with Crippen LogP contribution in [0.25, 0.3) is 29.2 Å². The highest BCUT2D eigenvalue weighted by Gasteiger charge is 2.15. The summed E-state index contributed by atoms with van der Waals surface area (Å²) in [5.41, 5.74) is 2.22. The molecule has 0 aliphatic rings. The van der Waals surface area contributed by atoms with E-state index in [9.17, 15) is 10.2 Å². The number of ether oxygens (including phenoxy) is 1. The number of hydrogen-bond acceptors (Lipinski definition) is 5. The third kappa shape index (κ3) is 3.92. The van der Waals surface area contributed by atoms with Gasteiger partial charge in [-0.25, -0.2) is 9.67 Å². The highest BCUT2D eigenvalue weighted by Crippen LogP contribution is 2.36. The number of benzene rings is 3. The molecule has 2 N–H and O–H groups in total. The van der Waals surface area contributed by atoms with Crippen LogP contribution in [0.2, 0.25) is 0 Å². The molecule has 0 aliphatic carbocycles. The highest BCUT2D eigenvalue weighted by atomic mass is 79.9. The number of halogens is 1. The molecule has 1 heterocycles. The van der Waals surface area contributed by atoms with E-state index in [1.54, 1.807) is 41.1 Å². The zero-order valence-corrected chi connectivity index (χ0v) is 17.6. The number of phenols is 2. The van der Waals surface area contributed by atoms with Crippen molar-refractivity contribution in [1.82, 2.24) is 14.8 Å². The van der Waals surface area contributed by atoms with E-state index in [-0.39, 0.29) is 11.5 Å². The molecule has 150 valence electrons. The molecule has 0 amide bonds. The average molecular weight is 464 g/mol. The van der Waals surface area contributed by atoms with Gasteiger partial charge in [-0.1, -0.05) is 36.4 Å². The zero-order chi connectivity index (χ0) is 21.1. The number of nitrogens with zero attached hydrogens (tertiary/aromatic N) is 3. The first-order chi connectivity index (χ1) is 14.6. The van der Waals surface area contributed by atoms with E-state index in [2.05, 4.69) is 26.0 Å². The number of rotatable bonds is 5. The quantitative estimate of drug-likeness (QED) is 0.420. The lowest BCUT2D eigenvalue weighted by Gasteiger charge is -2.06. The molecule has 0 radical (unpaired) electrons. The minimum atomic E-state index is 0.0444. The van der Waals surface area contributed by atoms with Gasteiger partial charge in [-0.05, 0) is 64.0 Å². The van der Waals surface area contributed by atoms with Gasteiger partial charge in [0.15, 0.2) is 23.1 Å². The SMILES string of the molecule is COc1cc(/C=C/c2nc(-c3ccccc3O)n(-c3ccccc3)n2)cc(Br)c1O. The van der Waals surface area contributed by atoms with Gasteiger partial charge in [0.2, 0.25) is 0 Å². The standard InChI is InChI=1S/C23H18BrN3O3/c1-30-20-14-15(13-18(24)22(20)29)11-12-21-25-23(17-9-5-6-10-19(17)28)27(26-21)16-7-3-2-4-8-16/h2-14,28-29H,1H3/b12-11+. The number of phenolic OH excluding ortho intramolecular Hbond substituents is 2. The Hall–Kier alpha value is -3.58. The van der Waals surface area contributed by atoms with Gasteiger partial charge in [0.1, 0.15) is 5.75 Å². The maximum atomic E-state index is 10.3. The van der Waals surface area contributed by atoms with Crippen molar-refractivity contribution in [3.63, 3.8) is 0 Å². The molecule has 3 aromatic carbocycles. The molecule has 30 heavy (non-hydrogen) atoms. The van der Waals surface area contributed by atoms with Crippen molar-refractivity contribution in [2.75, 3.05) is 7.11 Å². The van der Waals surface area contributed by atoms with Crippen LogP contribution in [0, 0.1) is 0 Å². The van der Waals surface area contributed by atoms with Gasteiger partial charge < -0.3 is 14.9 Å². The van der Waals surface area contributed by atoms with Crippen molar-refractivity contribution in [3.05, 3.63) is 82.6 Å². The van der Waals surface area contributed by atoms with Crippen molar-refractivity contribution in [3.8, 4) is 34.3 Å². The van der Waals surface area contributed by atoms with Crippen LogP contribution >= 0.6 is 15.9 Å². The van der Waals surface area contributed by atoms with E-state index in [0.717, 1.165) is 11.3 Å². The average Bonchev–Trinajstić information content (AvgIpc) is 3.19. The summed E-state index contributed by atoms with van der Waals surface area (Å²) in [6.07, 6.45) is 3.59. The predicted octanol–water partition coefficient (Wildman–Crippen LogP) is 5.29. The summed E-state index contributed by atoms with van der Waals surface area (Å²) in [7, 11) is 1.50. The third-order valence-electron chi connectivity index (χ3n) is 4.46. The number of aromatic nitrogens is 3. The number of methoxy groups -OCH3 is 1. The molecule has 0 atom stereocenters. The lowest BCUT2D eigenvalue weighted by molar-refractivity contribution is 0.372. The number of para-hydroxylation sites is 2. The molecule has 0 saturated carbocycles. The Labute approximate surface area is 181 Å². The highest BCUT2D eigenvalue weighted by molar-refractivity contribution is 9.10. The van der Waals surface area contributed by atoms with Crippen molar-refractivity contribution >= 4 is 28.1 Å². The molecular formula is C23H18BrN3O3. The fourth-order valence-corrected chi connectivity index (χ4v) is 3.46. The minimum Gasteiger partial charge on any atom is -0.507 e. The first-order valence-electron chi connectivity index (χ1n) is 9.12. The summed E-state index contributed by atoms with van der Waals surface area (Å²) in [6.45, 7) is 0. The Kier molecular flexibility index (Phi) is 5.54. The largest absolute Gasteiger partial charge is 0.507 e. The molecule has 4 rings (SSSR count). The zero-order valence-electron chi connectivity index (χ0n) is 16.0. The molecule has 0 bridgehead atoms. The Morgan fingerprint density at radius 3 is 2.43 bits per heavy atom. The van der Waals surface area contributed by atoms with Crippen LogP contribution in [0.15, 0.2) is 71.2 Å². The van der Waals surface area contributed by atoms with Crippen LogP contribution in [0.5, 0.6) is 17.2 Å². The Morgan fingerprint density at radius 2 is 1.70 bits per heavy atom. The van der Waals surface area contributed by atoms with Crippen LogP contribution in [-0.2, 0) is 0 Å². The summed E-state index contributed by atoms with van der Waals surface area (Å²) in [5.74, 6) is 1.54. The Balaban J connectivity index is 1.78. The second kappa shape index (κ2) is 8.42. The van der Waals surface area contributed by atoms with Gasteiger partial charge in [0, 0.05) is 0 Å². The fourth-order valence-electron chi connectivity index (χ4n) is 3.00. The second-order valence-electron chi connectivity index (χ2n) is 6.45. The molecule has 1 aromatic heterocycles. The summed E-state index contributed by atoms with van der Waals surface area (Å²) < 4.78 is 7.42. The number of hydrogen-bond donors (Lipinski definition) is 2. The van der Waals surface area contributed by atoms with Crippen LogP contribution in [0.3, 0.4) is 0 Å². The van der Waals surface area contributed by atoms with Crippen molar-refractivity contribution < 1.29 is 14.9 Å². The Morgan fingerprint density at radius 1 is 0.967 bits per heavy atom. The molecule has 7 heteroatoms. The summed E-state index contributed by atoms with van der Waals surface area (Å²) in [6, 6.07) is 20.1. The summed E-state index contributed by atoms with van der Waals surface area (Å²) in [4.78, 5) is 4.63. The molecule has 0 spiro atoms. The second-order valence-corrected chi connectivity index (χ2v) is 7.30. The topological polar surface area (TPSA) is 80.4 Å². The maximum Gasteiger partial charge on any atom is 0.175 e. The number of aromatic hydroxyl groups is 2. The molecule has 6 nitrogen and oxygen atoms in total. The summed E-state index contributed by atoms with van der Waals surface area (Å²) >= 11 is 3.32. The van der Waals surface area contributed by atoms with E-state index >= 15 is 0 Å². The van der Waals surface area contributed by atoms with Crippen LogP contribution in [0.1, 0.15) is 11.4 Å².